The van der Waals surface area contributed by atoms with Crippen molar-refractivity contribution in [2.75, 3.05) is 0 Å². The number of rotatable bonds is 6. The molecular weight excluding hydrogens is 1200 g/mol. The van der Waals surface area contributed by atoms with E-state index in [9.17, 15) is 10.5 Å². The van der Waals surface area contributed by atoms with Gasteiger partial charge in [0.1, 0.15) is 28.4 Å². The molecule has 10 nitrogen and oxygen atoms in total. The molecule has 98 heavy (non-hydrogen) atoms. The number of hydrogen-bond acceptors (Lipinski definition) is 4. The van der Waals surface area contributed by atoms with Crippen LogP contribution in [0, 0.1) is 35.8 Å². The SMILES string of the molecule is [C-]#[N+]c1cc(C#N)c(-n2c3ccccc3c3c4oc5ccccc5c4ccc32)cc1-c1cccc(-n2c3ccccc3c3ccccc32)c1.[C-]#[N+]c1ccc(-n2c3ccccc3c3c4c(ccc32)oc2ccccc24)c(C#N)c1-c1cccc(-n2c3ccccc3c3ccccc32)c1. The maximum absolute atomic E-state index is 11.0. The monoisotopic (exact) mass is 1250 g/mol. The van der Waals surface area contributed by atoms with Crippen molar-refractivity contribution in [2.24, 2.45) is 0 Å². The summed E-state index contributed by atoms with van der Waals surface area (Å²) in [5.41, 5.74) is 19.9. The summed E-state index contributed by atoms with van der Waals surface area (Å²) in [6, 6.07) is 104. The summed E-state index contributed by atoms with van der Waals surface area (Å²) >= 11 is 0. The third-order valence-corrected chi connectivity index (χ3v) is 19.6. The highest BCUT2D eigenvalue weighted by Gasteiger charge is 2.26. The molecule has 0 aliphatic heterocycles. The van der Waals surface area contributed by atoms with Crippen molar-refractivity contribution in [2.45, 2.75) is 0 Å². The summed E-state index contributed by atoms with van der Waals surface area (Å²) in [5.74, 6) is 0. The first-order valence-corrected chi connectivity index (χ1v) is 32.2. The van der Waals surface area contributed by atoms with E-state index in [0.717, 1.165) is 143 Å². The zero-order valence-electron chi connectivity index (χ0n) is 52.1. The van der Waals surface area contributed by atoms with E-state index in [1.165, 1.54) is 21.5 Å². The Morgan fingerprint density at radius 3 is 1.35 bits per heavy atom. The Morgan fingerprint density at radius 1 is 0.306 bits per heavy atom. The predicted octanol–water partition coefficient (Wildman–Crippen LogP) is 23.7. The molecule has 14 aromatic carbocycles. The second-order valence-electron chi connectivity index (χ2n) is 24.6. The average Bonchev–Trinajstić information content (AvgIpc) is 1.56. The highest BCUT2D eigenvalue weighted by molar-refractivity contribution is 6.28. The van der Waals surface area contributed by atoms with E-state index in [-0.39, 0.29) is 0 Å². The molecule has 0 radical (unpaired) electrons. The summed E-state index contributed by atoms with van der Waals surface area (Å²) < 4.78 is 21.6. The molecule has 20 aromatic rings. The Morgan fingerprint density at radius 2 is 0.776 bits per heavy atom. The number of nitriles is 2. The zero-order valence-corrected chi connectivity index (χ0v) is 52.1. The molecule has 10 heteroatoms. The fourth-order valence-electron chi connectivity index (χ4n) is 15.5. The average molecular weight is 1250 g/mol. The van der Waals surface area contributed by atoms with Crippen LogP contribution in [0.4, 0.5) is 11.4 Å². The van der Waals surface area contributed by atoms with Crippen molar-refractivity contribution < 1.29 is 8.83 Å². The summed E-state index contributed by atoms with van der Waals surface area (Å²) in [7, 11) is 0. The van der Waals surface area contributed by atoms with Crippen molar-refractivity contribution in [1.82, 2.24) is 18.3 Å². The summed E-state index contributed by atoms with van der Waals surface area (Å²) in [4.78, 5) is 7.86. The first-order chi connectivity index (χ1) is 48.5. The maximum atomic E-state index is 11.0. The van der Waals surface area contributed by atoms with Gasteiger partial charge in [0.25, 0.3) is 0 Å². The maximum Gasteiger partial charge on any atom is 0.196 e. The minimum Gasteiger partial charge on any atom is -0.456 e. The summed E-state index contributed by atoms with van der Waals surface area (Å²) in [5, 5.41) is 34.6. The van der Waals surface area contributed by atoms with E-state index in [0.29, 0.717) is 33.8 Å². The summed E-state index contributed by atoms with van der Waals surface area (Å²) in [6.07, 6.45) is 0. The Balaban J connectivity index is 0.000000137. The van der Waals surface area contributed by atoms with Crippen LogP contribution in [-0.4, -0.2) is 18.3 Å². The van der Waals surface area contributed by atoms with Crippen molar-refractivity contribution in [3.8, 4) is 57.1 Å². The number of aromatic nitrogens is 4. The number of nitrogens with zero attached hydrogens (tertiary/aromatic N) is 8. The Hall–Kier alpha value is -14.2. The molecule has 0 fully saturated rings. The van der Waals surface area contributed by atoms with Crippen molar-refractivity contribution in [3.63, 3.8) is 0 Å². The van der Waals surface area contributed by atoms with Gasteiger partial charge in [0.15, 0.2) is 11.4 Å². The molecule has 0 unspecified atom stereocenters. The number of fused-ring (bicyclic) bond motifs is 20. The third-order valence-electron chi connectivity index (χ3n) is 19.6. The van der Waals surface area contributed by atoms with Gasteiger partial charge in [0.05, 0.1) is 91.2 Å². The Labute approximate surface area is 559 Å². The first kappa shape index (κ1) is 55.5. The standard InChI is InChI=1S/2C44H24N4O/c1-46-36-24-28(26-45)41(48-39-19-8-4-16-34(39)43-40(48)22-21-33-32-15-5-9-20-42(32)49-44(33)43)25-35(36)27-11-10-12-29(23-27)47-37-17-6-2-13-30(37)31-14-3-7-18-38(31)47;1-46-34-21-22-38(48-37-19-8-4-15-31(37)43-39(48)23-24-41-44(43)32-16-5-9-20-40(32)49-41)33(26-45)42(34)27-11-10-12-28(25-27)47-35-17-6-2-13-29(35)30-14-3-7-18-36(30)47/h2*2-25H. The van der Waals surface area contributed by atoms with Gasteiger partial charge in [-0.05, 0) is 132 Å². The van der Waals surface area contributed by atoms with Crippen LogP contribution in [0.1, 0.15) is 11.1 Å². The minimum absolute atomic E-state index is 0.431. The predicted molar refractivity (Wildman–Crippen MR) is 398 cm³/mol. The lowest BCUT2D eigenvalue weighted by Crippen LogP contribution is -2.00. The molecule has 0 saturated heterocycles. The molecule has 6 heterocycles. The molecule has 20 rings (SSSR count). The van der Waals surface area contributed by atoms with Gasteiger partial charge in [0.2, 0.25) is 0 Å². The second-order valence-corrected chi connectivity index (χ2v) is 24.6. The molecule has 0 bridgehead atoms. The highest BCUT2D eigenvalue weighted by Crippen LogP contribution is 2.47. The van der Waals surface area contributed by atoms with E-state index in [1.807, 2.05) is 109 Å². The molecule has 0 aliphatic carbocycles. The fourth-order valence-corrected chi connectivity index (χ4v) is 15.5. The highest BCUT2D eigenvalue weighted by atomic mass is 16.3. The van der Waals surface area contributed by atoms with Crippen LogP contribution in [-0.2, 0) is 0 Å². The molecule has 452 valence electrons. The summed E-state index contributed by atoms with van der Waals surface area (Å²) in [6.45, 7) is 16.3. The van der Waals surface area contributed by atoms with Crippen LogP contribution in [0.25, 0.3) is 186 Å². The largest absolute Gasteiger partial charge is 0.456 e. The van der Waals surface area contributed by atoms with E-state index >= 15 is 0 Å². The van der Waals surface area contributed by atoms with E-state index in [4.69, 9.17) is 22.0 Å². The minimum atomic E-state index is 0.431. The number of hydrogen-bond donors (Lipinski definition) is 0. The Bertz CT molecular complexity index is 6900. The lowest BCUT2D eigenvalue weighted by atomic mass is 9.96. The van der Waals surface area contributed by atoms with Crippen molar-refractivity contribution in [3.05, 3.63) is 325 Å². The molecule has 0 saturated carbocycles. The van der Waals surface area contributed by atoms with Crippen LogP contribution in [0.15, 0.2) is 300 Å². The van der Waals surface area contributed by atoms with Gasteiger partial charge < -0.3 is 27.1 Å². The van der Waals surface area contributed by atoms with Crippen LogP contribution in [0.3, 0.4) is 0 Å². The third kappa shape index (κ3) is 8.11. The van der Waals surface area contributed by atoms with Crippen molar-refractivity contribution >= 4 is 142 Å². The fraction of sp³-hybridized carbons (Fsp3) is 0. The Kier molecular flexibility index (Phi) is 12.3. The van der Waals surface area contributed by atoms with Crippen molar-refractivity contribution in [1.29, 1.82) is 10.5 Å². The van der Waals surface area contributed by atoms with Gasteiger partial charge in [-0.3, -0.25) is 0 Å². The van der Waals surface area contributed by atoms with Gasteiger partial charge in [-0.2, -0.15) is 10.5 Å². The molecule has 0 atom stereocenters. The van der Waals surface area contributed by atoms with Gasteiger partial charge in [0, 0.05) is 76.2 Å². The quantitative estimate of drug-likeness (QED) is 0.155. The van der Waals surface area contributed by atoms with Gasteiger partial charge in [-0.1, -0.05) is 176 Å². The van der Waals surface area contributed by atoms with E-state index in [1.54, 1.807) is 6.07 Å². The lowest BCUT2D eigenvalue weighted by Gasteiger charge is -2.16. The topological polar surface area (TPSA) is 102 Å². The molecule has 0 spiro atoms. The zero-order chi connectivity index (χ0) is 65.3. The molecular formula is C88H48N8O2. The number of benzene rings is 14. The lowest BCUT2D eigenvalue weighted by molar-refractivity contribution is 0.669. The van der Waals surface area contributed by atoms with Crippen LogP contribution in [0.5, 0.6) is 0 Å². The van der Waals surface area contributed by atoms with Gasteiger partial charge in [-0.15, -0.1) is 0 Å². The van der Waals surface area contributed by atoms with Gasteiger partial charge in [-0.25, -0.2) is 9.69 Å². The number of furan rings is 2. The normalized spacial score (nSPS) is 11.6. The second kappa shape index (κ2) is 21.7. The van der Waals surface area contributed by atoms with Crippen LogP contribution < -0.4 is 0 Å². The molecule has 0 amide bonds. The first-order valence-electron chi connectivity index (χ1n) is 32.2. The molecule has 0 N–H and O–H groups in total. The van der Waals surface area contributed by atoms with Gasteiger partial charge >= 0.3 is 0 Å². The van der Waals surface area contributed by atoms with Crippen LogP contribution >= 0.6 is 0 Å². The molecule has 6 aromatic heterocycles. The number of para-hydroxylation sites is 8. The smallest absolute Gasteiger partial charge is 0.196 e. The van der Waals surface area contributed by atoms with Crippen LogP contribution in [0.2, 0.25) is 0 Å². The van der Waals surface area contributed by atoms with E-state index < -0.39 is 0 Å². The van der Waals surface area contributed by atoms with E-state index in [2.05, 4.69) is 216 Å². The molecule has 0 aliphatic rings.